The van der Waals surface area contributed by atoms with Crippen LogP contribution in [-0.4, -0.2) is 7.85 Å². The number of hydrogen-bond donors (Lipinski definition) is 0. The normalized spacial score (nSPS) is 15.5. The highest BCUT2D eigenvalue weighted by Crippen LogP contribution is 2.26. The zero-order valence-corrected chi connectivity index (χ0v) is 15.3. The van der Waals surface area contributed by atoms with Crippen LogP contribution in [0.1, 0.15) is 74.1 Å². The van der Waals surface area contributed by atoms with Gasteiger partial charge in [-0.3, -0.25) is 0 Å². The second-order valence-corrected chi connectivity index (χ2v) is 7.83. The van der Waals surface area contributed by atoms with E-state index in [1.54, 1.807) is 11.1 Å². The average molecular weight is 276 g/mol. The van der Waals surface area contributed by atoms with Crippen molar-refractivity contribution in [3.05, 3.63) is 23.3 Å². The summed E-state index contributed by atoms with van der Waals surface area (Å²) in [4.78, 5) is 0. The Hall–Kier alpha value is -0.455. The molecule has 116 valence electrons. The lowest BCUT2D eigenvalue weighted by molar-refractivity contribution is 0.606. The maximum absolute atomic E-state index is 2.51. The lowest BCUT2D eigenvalue weighted by Crippen LogP contribution is -2.01. The summed E-state index contributed by atoms with van der Waals surface area (Å²) in [7, 11) is 2.30. The maximum Gasteiger partial charge on any atom is 0.105 e. The Bertz CT molecular complexity index is 306. The molecule has 1 unspecified atom stereocenters. The Balaban J connectivity index is 4.88. The molecule has 0 aliphatic rings. The number of hydrogen-bond acceptors (Lipinski definition) is 0. The Morgan fingerprint density at radius 1 is 0.850 bits per heavy atom. The molecule has 0 rings (SSSR count). The van der Waals surface area contributed by atoms with Gasteiger partial charge in [-0.2, -0.15) is 0 Å². The topological polar surface area (TPSA) is 0 Å². The van der Waals surface area contributed by atoms with Crippen molar-refractivity contribution in [2.24, 2.45) is 17.8 Å². The smallest absolute Gasteiger partial charge is 0.0852 e. The third-order valence-electron chi connectivity index (χ3n) is 3.57. The van der Waals surface area contributed by atoms with Crippen molar-refractivity contribution in [3.8, 4) is 0 Å². The molecule has 0 amide bonds. The standard InChI is InChI=1S/C19H37B/c1-14(2)8-10-18(12-15(3)4)13-19(16(5)6)11-9-17(7)20/h10-11,14-17H,8-9,12-13,20H2,1-7H3/b18-10+,19-11+. The maximum atomic E-state index is 2.51. The molecule has 0 saturated heterocycles. The molecular formula is C19H37B. The van der Waals surface area contributed by atoms with Crippen LogP contribution in [0.3, 0.4) is 0 Å². The van der Waals surface area contributed by atoms with Gasteiger partial charge in [-0.1, -0.05) is 77.6 Å². The second kappa shape index (κ2) is 10.3. The molecule has 0 aromatic heterocycles. The molecule has 0 bridgehead atoms. The van der Waals surface area contributed by atoms with Crippen molar-refractivity contribution in [2.75, 3.05) is 0 Å². The van der Waals surface area contributed by atoms with Crippen LogP contribution in [0.4, 0.5) is 0 Å². The minimum Gasteiger partial charge on any atom is -0.0852 e. The fourth-order valence-corrected chi connectivity index (χ4v) is 2.32. The molecule has 0 spiro atoms. The first-order valence-electron chi connectivity index (χ1n) is 8.59. The van der Waals surface area contributed by atoms with Gasteiger partial charge in [-0.05, 0) is 43.4 Å². The van der Waals surface area contributed by atoms with Gasteiger partial charge < -0.3 is 0 Å². The van der Waals surface area contributed by atoms with E-state index in [2.05, 4.69) is 68.5 Å². The molecule has 0 aliphatic carbocycles. The highest BCUT2D eigenvalue weighted by molar-refractivity contribution is 6.11. The van der Waals surface area contributed by atoms with E-state index in [1.807, 2.05) is 0 Å². The third kappa shape index (κ3) is 10.3. The Morgan fingerprint density at radius 2 is 1.45 bits per heavy atom. The molecule has 0 aromatic rings. The lowest BCUT2D eigenvalue weighted by atomic mass is 9.83. The van der Waals surface area contributed by atoms with E-state index in [0.717, 1.165) is 17.7 Å². The quantitative estimate of drug-likeness (QED) is 0.368. The van der Waals surface area contributed by atoms with Crippen molar-refractivity contribution in [1.82, 2.24) is 0 Å². The van der Waals surface area contributed by atoms with Gasteiger partial charge in [0.2, 0.25) is 0 Å². The zero-order valence-electron chi connectivity index (χ0n) is 15.3. The van der Waals surface area contributed by atoms with Crippen LogP contribution in [0.25, 0.3) is 0 Å². The van der Waals surface area contributed by atoms with Gasteiger partial charge in [0.15, 0.2) is 0 Å². The van der Waals surface area contributed by atoms with E-state index < -0.39 is 0 Å². The van der Waals surface area contributed by atoms with Crippen LogP contribution in [0.5, 0.6) is 0 Å². The molecule has 0 aromatic carbocycles. The van der Waals surface area contributed by atoms with Crippen LogP contribution < -0.4 is 0 Å². The summed E-state index contributed by atoms with van der Waals surface area (Å²) < 4.78 is 0. The predicted octanol–water partition coefficient (Wildman–Crippen LogP) is 5.81. The van der Waals surface area contributed by atoms with Gasteiger partial charge in [0, 0.05) is 0 Å². The van der Waals surface area contributed by atoms with Crippen molar-refractivity contribution < 1.29 is 0 Å². The lowest BCUT2D eigenvalue weighted by Gasteiger charge is -2.17. The summed E-state index contributed by atoms with van der Waals surface area (Å²) in [5, 5.41) is 0. The molecule has 0 fully saturated rings. The molecule has 0 N–H and O–H groups in total. The van der Waals surface area contributed by atoms with Crippen molar-refractivity contribution in [1.29, 1.82) is 0 Å². The molecule has 20 heavy (non-hydrogen) atoms. The number of rotatable bonds is 9. The van der Waals surface area contributed by atoms with Gasteiger partial charge >= 0.3 is 0 Å². The van der Waals surface area contributed by atoms with E-state index in [4.69, 9.17) is 0 Å². The van der Waals surface area contributed by atoms with E-state index in [-0.39, 0.29) is 0 Å². The van der Waals surface area contributed by atoms with E-state index >= 15 is 0 Å². The van der Waals surface area contributed by atoms with E-state index in [1.165, 1.54) is 25.7 Å². The molecule has 0 saturated carbocycles. The summed E-state index contributed by atoms with van der Waals surface area (Å²) in [5.74, 6) is 2.95. The van der Waals surface area contributed by atoms with Crippen LogP contribution in [0.15, 0.2) is 23.3 Å². The fourth-order valence-electron chi connectivity index (χ4n) is 2.32. The minimum atomic E-state index is 0.670. The van der Waals surface area contributed by atoms with Gasteiger partial charge in [-0.25, -0.2) is 0 Å². The highest BCUT2D eigenvalue weighted by atomic mass is 14.1. The van der Waals surface area contributed by atoms with Crippen LogP contribution >= 0.6 is 0 Å². The van der Waals surface area contributed by atoms with Gasteiger partial charge in [0.05, 0.1) is 0 Å². The minimum absolute atomic E-state index is 0.670. The molecule has 0 aliphatic heterocycles. The van der Waals surface area contributed by atoms with Gasteiger partial charge in [-0.15, -0.1) is 0 Å². The summed E-state index contributed by atoms with van der Waals surface area (Å²) in [6.07, 6.45) is 9.88. The van der Waals surface area contributed by atoms with Crippen molar-refractivity contribution in [2.45, 2.75) is 80.0 Å². The SMILES string of the molecule is BC(C)C/C=C(\C/C(=C/CC(C)C)CC(C)C)C(C)C. The molecular weight excluding hydrogens is 239 g/mol. The van der Waals surface area contributed by atoms with Crippen LogP contribution in [0.2, 0.25) is 5.82 Å². The first-order valence-corrected chi connectivity index (χ1v) is 8.59. The highest BCUT2D eigenvalue weighted by Gasteiger charge is 2.09. The van der Waals surface area contributed by atoms with Crippen molar-refractivity contribution in [3.63, 3.8) is 0 Å². The average Bonchev–Trinajstić information content (AvgIpc) is 2.29. The molecule has 0 nitrogen and oxygen atoms in total. The van der Waals surface area contributed by atoms with Crippen molar-refractivity contribution >= 4 is 7.85 Å². The van der Waals surface area contributed by atoms with E-state index in [0.29, 0.717) is 5.92 Å². The summed E-state index contributed by atoms with van der Waals surface area (Å²) >= 11 is 0. The largest absolute Gasteiger partial charge is 0.105 e. The fraction of sp³-hybridized carbons (Fsp3) is 0.789. The number of allylic oxidation sites excluding steroid dienone is 4. The van der Waals surface area contributed by atoms with Crippen LogP contribution in [-0.2, 0) is 0 Å². The molecule has 1 atom stereocenters. The molecule has 0 heterocycles. The molecule has 1 heteroatoms. The first-order chi connectivity index (χ1) is 9.22. The second-order valence-electron chi connectivity index (χ2n) is 7.83. The van der Waals surface area contributed by atoms with E-state index in [9.17, 15) is 0 Å². The molecule has 0 radical (unpaired) electrons. The zero-order chi connectivity index (χ0) is 15.7. The van der Waals surface area contributed by atoms with Gasteiger partial charge in [0.25, 0.3) is 0 Å². The monoisotopic (exact) mass is 276 g/mol. The summed E-state index contributed by atoms with van der Waals surface area (Å²) in [6.45, 7) is 16.2. The Kier molecular flexibility index (Phi) is 10.1. The first kappa shape index (κ1) is 19.5. The predicted molar refractivity (Wildman–Crippen MR) is 97.1 cm³/mol. The Morgan fingerprint density at radius 3 is 1.85 bits per heavy atom. The Labute approximate surface area is 129 Å². The van der Waals surface area contributed by atoms with Gasteiger partial charge in [0.1, 0.15) is 7.85 Å². The third-order valence-corrected chi connectivity index (χ3v) is 3.57. The summed E-state index contributed by atoms with van der Waals surface area (Å²) in [6, 6.07) is 0. The van der Waals surface area contributed by atoms with Crippen LogP contribution in [0, 0.1) is 17.8 Å². The summed E-state index contributed by atoms with van der Waals surface area (Å²) in [5.41, 5.74) is 3.28.